The molecule has 5 nitrogen and oxygen atoms in total. The molecule has 3 rings (SSSR count). The number of aliphatic hydroxyl groups excluding tert-OH is 1. The summed E-state index contributed by atoms with van der Waals surface area (Å²) in [4.78, 5) is 1.84. The second-order valence-corrected chi connectivity index (χ2v) is 5.86. The van der Waals surface area contributed by atoms with E-state index in [-0.39, 0.29) is 6.04 Å². The van der Waals surface area contributed by atoms with Crippen molar-refractivity contribution in [3.63, 3.8) is 0 Å². The van der Waals surface area contributed by atoms with E-state index in [0.29, 0.717) is 32.0 Å². The normalized spacial score (nSPS) is 19.7. The van der Waals surface area contributed by atoms with Gasteiger partial charge >= 0.3 is 6.18 Å². The highest BCUT2D eigenvalue weighted by Crippen LogP contribution is 2.29. The van der Waals surface area contributed by atoms with Crippen LogP contribution in [0.4, 0.5) is 19.0 Å². The van der Waals surface area contributed by atoms with Crippen LogP contribution in [0.15, 0.2) is 42.5 Å². The summed E-state index contributed by atoms with van der Waals surface area (Å²) < 4.78 is 43.4. The van der Waals surface area contributed by atoms with E-state index in [2.05, 4.69) is 10.2 Å². The van der Waals surface area contributed by atoms with Crippen LogP contribution in [0.3, 0.4) is 0 Å². The van der Waals surface area contributed by atoms with Gasteiger partial charge in [-0.3, -0.25) is 0 Å². The molecule has 2 atom stereocenters. The molecule has 2 unspecified atom stereocenters. The fourth-order valence-corrected chi connectivity index (χ4v) is 2.85. The fraction of sp³-hybridized carbons (Fsp3) is 0.412. The number of morpholine rings is 1. The van der Waals surface area contributed by atoms with Gasteiger partial charge in [-0.25, -0.2) is 0 Å². The predicted octanol–water partition coefficient (Wildman–Crippen LogP) is 2.82. The van der Waals surface area contributed by atoms with Crippen molar-refractivity contribution < 1.29 is 23.0 Å². The Balaban J connectivity index is 1.74. The number of benzene rings is 1. The van der Waals surface area contributed by atoms with Crippen LogP contribution >= 0.6 is 0 Å². The highest BCUT2D eigenvalue weighted by Gasteiger charge is 2.34. The van der Waals surface area contributed by atoms with E-state index < -0.39 is 18.0 Å². The Morgan fingerprint density at radius 3 is 2.56 bits per heavy atom. The van der Waals surface area contributed by atoms with Crippen molar-refractivity contribution in [1.82, 2.24) is 10.2 Å². The lowest BCUT2D eigenvalue weighted by atomic mass is 10.0. The number of anilines is 1. The van der Waals surface area contributed by atoms with Gasteiger partial charge in [-0.2, -0.15) is 13.2 Å². The Kier molecular flexibility index (Phi) is 5.19. The van der Waals surface area contributed by atoms with Gasteiger partial charge in [0.1, 0.15) is 0 Å². The van der Waals surface area contributed by atoms with E-state index in [0.717, 1.165) is 11.6 Å². The van der Waals surface area contributed by atoms with E-state index >= 15 is 0 Å². The van der Waals surface area contributed by atoms with Crippen molar-refractivity contribution in [2.24, 2.45) is 0 Å². The number of alkyl halides is 3. The van der Waals surface area contributed by atoms with E-state index in [1.54, 1.807) is 0 Å². The van der Waals surface area contributed by atoms with Crippen LogP contribution < -0.4 is 4.90 Å². The Bertz CT molecular complexity index is 680. The molecule has 2 heterocycles. The first-order chi connectivity index (χ1) is 11.9. The third-order valence-electron chi connectivity index (χ3n) is 4.14. The molecule has 0 saturated carbocycles. The first-order valence-corrected chi connectivity index (χ1v) is 7.93. The summed E-state index contributed by atoms with van der Waals surface area (Å²) >= 11 is 0. The molecule has 8 heteroatoms. The van der Waals surface area contributed by atoms with Gasteiger partial charge in [0.2, 0.25) is 0 Å². The van der Waals surface area contributed by atoms with Gasteiger partial charge in [0.05, 0.1) is 25.4 Å². The summed E-state index contributed by atoms with van der Waals surface area (Å²) in [5.74, 6) is 0.349. The van der Waals surface area contributed by atoms with Crippen LogP contribution in [0.1, 0.15) is 23.8 Å². The summed E-state index contributed by atoms with van der Waals surface area (Å²) in [5, 5.41) is 17.4. The molecule has 1 aliphatic heterocycles. The smallest absolute Gasteiger partial charge is 0.388 e. The zero-order valence-corrected chi connectivity index (χ0v) is 13.4. The SMILES string of the molecule is OC(CC1COCCN1c1ccc(C(F)(F)F)nn1)c1ccccc1. The molecular weight excluding hydrogens is 335 g/mol. The molecule has 2 aromatic rings. The summed E-state index contributed by atoms with van der Waals surface area (Å²) in [6, 6.07) is 11.2. The molecule has 0 spiro atoms. The van der Waals surface area contributed by atoms with Gasteiger partial charge in [-0.05, 0) is 17.7 Å². The Hall–Kier alpha value is -2.19. The average molecular weight is 353 g/mol. The maximum absolute atomic E-state index is 12.6. The highest BCUT2D eigenvalue weighted by molar-refractivity contribution is 5.40. The topological polar surface area (TPSA) is 58.5 Å². The summed E-state index contributed by atoms with van der Waals surface area (Å²) in [5.41, 5.74) is -0.239. The Morgan fingerprint density at radius 2 is 1.92 bits per heavy atom. The van der Waals surface area contributed by atoms with Gasteiger partial charge in [0, 0.05) is 13.0 Å². The summed E-state index contributed by atoms with van der Waals surface area (Å²) in [6.45, 7) is 1.29. The molecule has 0 amide bonds. The lowest BCUT2D eigenvalue weighted by Crippen LogP contribution is -2.46. The van der Waals surface area contributed by atoms with Crippen LogP contribution in [-0.4, -0.2) is 41.1 Å². The van der Waals surface area contributed by atoms with Crippen LogP contribution in [0, 0.1) is 0 Å². The van der Waals surface area contributed by atoms with Crippen molar-refractivity contribution in [3.05, 3.63) is 53.7 Å². The molecule has 1 N–H and O–H groups in total. The molecule has 1 aromatic carbocycles. The monoisotopic (exact) mass is 353 g/mol. The number of nitrogens with zero attached hydrogens (tertiary/aromatic N) is 3. The number of hydrogen-bond acceptors (Lipinski definition) is 5. The van der Waals surface area contributed by atoms with E-state index in [4.69, 9.17) is 4.74 Å². The van der Waals surface area contributed by atoms with E-state index in [9.17, 15) is 18.3 Å². The lowest BCUT2D eigenvalue weighted by Gasteiger charge is -2.37. The molecule has 1 saturated heterocycles. The van der Waals surface area contributed by atoms with Crippen molar-refractivity contribution in [3.8, 4) is 0 Å². The quantitative estimate of drug-likeness (QED) is 0.916. The van der Waals surface area contributed by atoms with E-state index in [1.807, 2.05) is 35.2 Å². The molecule has 0 radical (unpaired) electrons. The van der Waals surface area contributed by atoms with Crippen LogP contribution in [0.2, 0.25) is 0 Å². The maximum Gasteiger partial charge on any atom is 0.435 e. The number of aliphatic hydroxyl groups is 1. The molecule has 134 valence electrons. The number of rotatable bonds is 4. The third-order valence-corrected chi connectivity index (χ3v) is 4.14. The Labute approximate surface area is 143 Å². The molecule has 1 aromatic heterocycles. The van der Waals surface area contributed by atoms with E-state index in [1.165, 1.54) is 6.07 Å². The molecule has 1 aliphatic rings. The van der Waals surface area contributed by atoms with Crippen LogP contribution in [0.5, 0.6) is 0 Å². The zero-order valence-electron chi connectivity index (χ0n) is 13.4. The minimum absolute atomic E-state index is 0.199. The highest BCUT2D eigenvalue weighted by atomic mass is 19.4. The zero-order chi connectivity index (χ0) is 17.9. The van der Waals surface area contributed by atoms with Crippen LogP contribution in [0.25, 0.3) is 0 Å². The second kappa shape index (κ2) is 7.37. The summed E-state index contributed by atoms with van der Waals surface area (Å²) in [6.07, 6.45) is -4.83. The average Bonchev–Trinajstić information content (AvgIpc) is 2.62. The number of aromatic nitrogens is 2. The molecule has 1 fully saturated rings. The molecular formula is C17H18F3N3O2. The van der Waals surface area contributed by atoms with Crippen molar-refractivity contribution in [2.75, 3.05) is 24.7 Å². The van der Waals surface area contributed by atoms with Crippen molar-refractivity contribution in [1.29, 1.82) is 0 Å². The maximum atomic E-state index is 12.6. The minimum atomic E-state index is -4.51. The standard InChI is InChI=1S/C17H18F3N3O2/c18-17(19,20)15-6-7-16(22-21-15)23-8-9-25-11-13(23)10-14(24)12-4-2-1-3-5-12/h1-7,13-14,24H,8-11H2. The number of halogens is 3. The minimum Gasteiger partial charge on any atom is -0.388 e. The second-order valence-electron chi connectivity index (χ2n) is 5.86. The molecule has 0 aliphatic carbocycles. The number of ether oxygens (including phenoxy) is 1. The summed E-state index contributed by atoms with van der Waals surface area (Å²) in [7, 11) is 0. The first kappa shape index (κ1) is 17.6. The predicted molar refractivity (Wildman–Crippen MR) is 85.0 cm³/mol. The Morgan fingerprint density at radius 1 is 1.16 bits per heavy atom. The molecule has 25 heavy (non-hydrogen) atoms. The fourth-order valence-electron chi connectivity index (χ4n) is 2.85. The third kappa shape index (κ3) is 4.26. The van der Waals surface area contributed by atoms with Crippen LogP contribution in [-0.2, 0) is 10.9 Å². The van der Waals surface area contributed by atoms with Crippen molar-refractivity contribution in [2.45, 2.75) is 24.7 Å². The van der Waals surface area contributed by atoms with Gasteiger partial charge in [0.15, 0.2) is 11.5 Å². The van der Waals surface area contributed by atoms with Gasteiger partial charge < -0.3 is 14.7 Å². The van der Waals surface area contributed by atoms with Gasteiger partial charge in [0.25, 0.3) is 0 Å². The molecule has 0 bridgehead atoms. The lowest BCUT2D eigenvalue weighted by molar-refractivity contribution is -0.141. The first-order valence-electron chi connectivity index (χ1n) is 7.93. The largest absolute Gasteiger partial charge is 0.435 e. The van der Waals surface area contributed by atoms with Crippen molar-refractivity contribution >= 4 is 5.82 Å². The van der Waals surface area contributed by atoms with Gasteiger partial charge in [-0.1, -0.05) is 30.3 Å². The van der Waals surface area contributed by atoms with Gasteiger partial charge in [-0.15, -0.1) is 10.2 Å². The number of hydrogen-bond donors (Lipinski definition) is 1.